The molecule has 1 atom stereocenters. The molecular weight excluding hydrogens is 318 g/mol. The molecule has 3 heterocycles. The van der Waals surface area contributed by atoms with E-state index in [0.29, 0.717) is 44.9 Å². The van der Waals surface area contributed by atoms with Gasteiger partial charge < -0.3 is 9.32 Å². The Labute approximate surface area is 137 Å². The molecule has 23 heavy (non-hydrogen) atoms. The molecule has 0 unspecified atom stereocenters. The first kappa shape index (κ1) is 16.5. The van der Waals surface area contributed by atoms with Crippen LogP contribution in [-0.2, 0) is 15.0 Å². The average Bonchev–Trinajstić information content (AvgIpc) is 3.12. The highest BCUT2D eigenvalue weighted by Gasteiger charge is 2.40. The molecule has 2 saturated heterocycles. The molecule has 7 nitrogen and oxygen atoms in total. The lowest BCUT2D eigenvalue weighted by atomic mass is 10.2. The minimum absolute atomic E-state index is 0.00103. The summed E-state index contributed by atoms with van der Waals surface area (Å²) in [6, 6.07) is 3.40. The van der Waals surface area contributed by atoms with Crippen molar-refractivity contribution in [2.24, 2.45) is 0 Å². The standard InChI is InChI=1S/C15H23N3O4S/c1-13(19)16-7-4-8-17(11-10-16)23(20,21)18-9-2-5-14(18)15-6-3-12-22-15/h3,6,12,14H,2,4-5,7-11H2,1H3/t14-/m1/s1. The van der Waals surface area contributed by atoms with Gasteiger partial charge in [-0.2, -0.15) is 17.0 Å². The lowest BCUT2D eigenvalue weighted by molar-refractivity contribution is -0.128. The summed E-state index contributed by atoms with van der Waals surface area (Å²) in [7, 11) is -3.54. The Morgan fingerprint density at radius 1 is 1.17 bits per heavy atom. The van der Waals surface area contributed by atoms with Crippen LogP contribution in [0, 0.1) is 0 Å². The number of hydrogen-bond donors (Lipinski definition) is 0. The van der Waals surface area contributed by atoms with E-state index in [-0.39, 0.29) is 11.9 Å². The van der Waals surface area contributed by atoms with E-state index in [1.807, 2.05) is 6.07 Å². The molecule has 0 aliphatic carbocycles. The van der Waals surface area contributed by atoms with E-state index in [1.165, 1.54) is 11.2 Å². The lowest BCUT2D eigenvalue weighted by Crippen LogP contribution is -2.45. The van der Waals surface area contributed by atoms with Gasteiger partial charge >= 0.3 is 0 Å². The van der Waals surface area contributed by atoms with Crippen molar-refractivity contribution in [1.82, 2.24) is 13.5 Å². The van der Waals surface area contributed by atoms with E-state index >= 15 is 0 Å². The fourth-order valence-corrected chi connectivity index (χ4v) is 5.23. The number of carbonyl (C=O) groups is 1. The molecule has 2 fully saturated rings. The summed E-state index contributed by atoms with van der Waals surface area (Å²) in [6.45, 7) is 3.91. The van der Waals surface area contributed by atoms with Crippen molar-refractivity contribution >= 4 is 16.1 Å². The summed E-state index contributed by atoms with van der Waals surface area (Å²) in [6.07, 6.45) is 3.85. The van der Waals surface area contributed by atoms with Crippen LogP contribution in [0.4, 0.5) is 0 Å². The van der Waals surface area contributed by atoms with E-state index in [4.69, 9.17) is 4.42 Å². The molecule has 1 aromatic heterocycles. The molecule has 3 rings (SSSR count). The summed E-state index contributed by atoms with van der Waals surface area (Å²) < 4.78 is 34.5. The summed E-state index contributed by atoms with van der Waals surface area (Å²) in [4.78, 5) is 13.2. The van der Waals surface area contributed by atoms with Crippen molar-refractivity contribution < 1.29 is 17.6 Å². The van der Waals surface area contributed by atoms with Gasteiger partial charge in [-0.3, -0.25) is 4.79 Å². The highest BCUT2D eigenvalue weighted by Crippen LogP contribution is 2.35. The number of hydrogen-bond acceptors (Lipinski definition) is 4. The Hall–Kier alpha value is -1.38. The summed E-state index contributed by atoms with van der Waals surface area (Å²) in [5.74, 6) is 0.699. The highest BCUT2D eigenvalue weighted by atomic mass is 32.2. The predicted molar refractivity (Wildman–Crippen MR) is 84.8 cm³/mol. The van der Waals surface area contributed by atoms with Gasteiger partial charge in [0.1, 0.15) is 5.76 Å². The van der Waals surface area contributed by atoms with Crippen LogP contribution in [-0.4, -0.2) is 60.6 Å². The van der Waals surface area contributed by atoms with Crippen molar-refractivity contribution in [3.8, 4) is 0 Å². The van der Waals surface area contributed by atoms with E-state index in [2.05, 4.69) is 0 Å². The molecule has 0 aromatic carbocycles. The first-order chi connectivity index (χ1) is 11.0. The van der Waals surface area contributed by atoms with Crippen LogP contribution in [0.15, 0.2) is 22.8 Å². The van der Waals surface area contributed by atoms with Gasteiger partial charge in [-0.25, -0.2) is 0 Å². The Morgan fingerprint density at radius 2 is 2.00 bits per heavy atom. The van der Waals surface area contributed by atoms with Crippen LogP contribution < -0.4 is 0 Å². The second kappa shape index (κ2) is 6.62. The van der Waals surface area contributed by atoms with E-state index in [1.54, 1.807) is 21.5 Å². The van der Waals surface area contributed by atoms with Crippen LogP contribution in [0.25, 0.3) is 0 Å². The zero-order valence-electron chi connectivity index (χ0n) is 13.3. The second-order valence-electron chi connectivity index (χ2n) is 6.05. The largest absolute Gasteiger partial charge is 0.468 e. The molecule has 128 valence electrons. The molecule has 0 bridgehead atoms. The van der Waals surface area contributed by atoms with Crippen molar-refractivity contribution in [3.05, 3.63) is 24.2 Å². The average molecular weight is 341 g/mol. The minimum atomic E-state index is -3.54. The lowest BCUT2D eigenvalue weighted by Gasteiger charge is -2.29. The monoisotopic (exact) mass is 341 g/mol. The zero-order valence-corrected chi connectivity index (χ0v) is 14.2. The van der Waals surface area contributed by atoms with Crippen molar-refractivity contribution in [2.45, 2.75) is 32.2 Å². The SMILES string of the molecule is CC(=O)N1CCCN(S(=O)(=O)N2CCC[C@@H]2c2ccco2)CC1. The van der Waals surface area contributed by atoms with Gasteiger partial charge in [0.15, 0.2) is 0 Å². The first-order valence-electron chi connectivity index (χ1n) is 8.06. The van der Waals surface area contributed by atoms with Crippen LogP contribution in [0.3, 0.4) is 0 Å². The second-order valence-corrected chi connectivity index (χ2v) is 7.93. The molecule has 1 amide bonds. The summed E-state index contributed by atoms with van der Waals surface area (Å²) in [5.41, 5.74) is 0. The number of furan rings is 1. The number of rotatable bonds is 3. The van der Waals surface area contributed by atoms with Gasteiger partial charge in [0.05, 0.1) is 12.3 Å². The van der Waals surface area contributed by atoms with Crippen molar-refractivity contribution in [3.63, 3.8) is 0 Å². The Morgan fingerprint density at radius 3 is 2.70 bits per heavy atom. The summed E-state index contributed by atoms with van der Waals surface area (Å²) in [5, 5.41) is 0. The Balaban J connectivity index is 1.76. The molecule has 0 N–H and O–H groups in total. The fraction of sp³-hybridized carbons (Fsp3) is 0.667. The van der Waals surface area contributed by atoms with Crippen molar-refractivity contribution in [1.29, 1.82) is 0 Å². The quantitative estimate of drug-likeness (QED) is 0.828. The molecular formula is C15H23N3O4S. The van der Waals surface area contributed by atoms with Gasteiger partial charge in [0.2, 0.25) is 5.91 Å². The molecule has 8 heteroatoms. The third-order valence-corrected chi connectivity index (χ3v) is 6.65. The number of amides is 1. The number of nitrogens with zero attached hydrogens (tertiary/aromatic N) is 3. The summed E-state index contributed by atoms with van der Waals surface area (Å²) >= 11 is 0. The third kappa shape index (κ3) is 3.29. The highest BCUT2D eigenvalue weighted by molar-refractivity contribution is 7.86. The molecule has 1 aromatic rings. The normalized spacial score (nSPS) is 24.7. The van der Waals surface area contributed by atoms with Gasteiger partial charge in [-0.1, -0.05) is 0 Å². The first-order valence-corrected chi connectivity index (χ1v) is 9.45. The van der Waals surface area contributed by atoms with Gasteiger partial charge in [0.25, 0.3) is 10.2 Å². The van der Waals surface area contributed by atoms with Crippen LogP contribution in [0.2, 0.25) is 0 Å². The van der Waals surface area contributed by atoms with Crippen LogP contribution in [0.1, 0.15) is 38.0 Å². The van der Waals surface area contributed by atoms with Crippen LogP contribution >= 0.6 is 0 Å². The molecule has 0 spiro atoms. The van der Waals surface area contributed by atoms with Gasteiger partial charge in [-0.05, 0) is 31.4 Å². The van der Waals surface area contributed by atoms with Gasteiger partial charge in [0, 0.05) is 39.6 Å². The Bertz CT molecular complexity index is 644. The maximum absolute atomic E-state index is 13.0. The minimum Gasteiger partial charge on any atom is -0.468 e. The van der Waals surface area contributed by atoms with E-state index < -0.39 is 10.2 Å². The van der Waals surface area contributed by atoms with E-state index in [0.717, 1.165) is 12.8 Å². The van der Waals surface area contributed by atoms with Crippen molar-refractivity contribution in [2.75, 3.05) is 32.7 Å². The number of carbonyl (C=O) groups excluding carboxylic acids is 1. The van der Waals surface area contributed by atoms with Gasteiger partial charge in [-0.15, -0.1) is 0 Å². The maximum Gasteiger partial charge on any atom is 0.282 e. The predicted octanol–water partition coefficient (Wildman–Crippen LogP) is 1.22. The molecule has 0 radical (unpaired) electrons. The zero-order chi connectivity index (χ0) is 16.4. The topological polar surface area (TPSA) is 74.1 Å². The smallest absolute Gasteiger partial charge is 0.282 e. The Kier molecular flexibility index (Phi) is 4.74. The fourth-order valence-electron chi connectivity index (χ4n) is 3.37. The molecule has 2 aliphatic heterocycles. The van der Waals surface area contributed by atoms with Crippen LogP contribution in [0.5, 0.6) is 0 Å². The van der Waals surface area contributed by atoms with E-state index in [9.17, 15) is 13.2 Å². The molecule has 0 saturated carbocycles. The third-order valence-electron chi connectivity index (χ3n) is 4.60. The maximum atomic E-state index is 13.0. The molecule has 2 aliphatic rings.